The Labute approximate surface area is 234 Å². The Balaban J connectivity index is 0.00000507. The molecule has 2 aromatic rings. The van der Waals surface area contributed by atoms with Crippen LogP contribution in [0.5, 0.6) is 11.5 Å². The molecule has 204 valence electrons. The number of carbonyl (C=O) groups excluding carboxylic acids is 2. The zero-order valence-corrected chi connectivity index (χ0v) is 24.5. The SMILES string of the molecule is Br.CCOc1cc2c(cc1CC(=O)NC)C(=N)N(CC(=O)c1cc(NCC#N)c(OC)c(C(C)(C)C)c1)C2. The molecule has 3 rings (SSSR count). The highest BCUT2D eigenvalue weighted by atomic mass is 79.9. The second-order valence-electron chi connectivity index (χ2n) is 9.89. The summed E-state index contributed by atoms with van der Waals surface area (Å²) in [7, 11) is 3.15. The number of methoxy groups -OCH3 is 1. The van der Waals surface area contributed by atoms with E-state index in [1.807, 2.05) is 45.9 Å². The van der Waals surface area contributed by atoms with Crippen LogP contribution in [0.15, 0.2) is 24.3 Å². The summed E-state index contributed by atoms with van der Waals surface area (Å²) in [5.41, 5.74) is 3.88. The number of nitrogens with zero attached hydrogens (tertiary/aromatic N) is 2. The van der Waals surface area contributed by atoms with E-state index in [1.165, 1.54) is 0 Å². The molecular formula is C28H36BrN5O4. The first kappa shape index (κ1) is 30.6. The largest absolute Gasteiger partial charge is 0.494 e. The first-order chi connectivity index (χ1) is 17.5. The van der Waals surface area contributed by atoms with Crippen molar-refractivity contribution in [2.45, 2.75) is 46.1 Å². The lowest BCUT2D eigenvalue weighted by atomic mass is 9.84. The van der Waals surface area contributed by atoms with Crippen molar-refractivity contribution < 1.29 is 19.1 Å². The zero-order chi connectivity index (χ0) is 27.3. The van der Waals surface area contributed by atoms with Gasteiger partial charge in [0.15, 0.2) is 5.78 Å². The molecule has 0 bridgehead atoms. The zero-order valence-electron chi connectivity index (χ0n) is 22.8. The summed E-state index contributed by atoms with van der Waals surface area (Å²) in [5, 5.41) is 23.5. The van der Waals surface area contributed by atoms with Crippen molar-refractivity contribution in [3.05, 3.63) is 52.1 Å². The number of anilines is 1. The summed E-state index contributed by atoms with van der Waals surface area (Å²) in [6.07, 6.45) is 0.144. The van der Waals surface area contributed by atoms with Gasteiger partial charge in [-0.3, -0.25) is 15.0 Å². The van der Waals surface area contributed by atoms with Gasteiger partial charge >= 0.3 is 0 Å². The van der Waals surface area contributed by atoms with Crippen LogP contribution in [-0.4, -0.2) is 56.3 Å². The highest BCUT2D eigenvalue weighted by molar-refractivity contribution is 8.93. The Morgan fingerprint density at radius 2 is 1.92 bits per heavy atom. The normalized spacial score (nSPS) is 12.2. The number of likely N-dealkylation sites (N-methyl/N-ethyl adjacent to an activating group) is 1. The van der Waals surface area contributed by atoms with E-state index >= 15 is 0 Å². The van der Waals surface area contributed by atoms with E-state index in [4.69, 9.17) is 20.1 Å². The van der Waals surface area contributed by atoms with Crippen LogP contribution < -0.4 is 20.1 Å². The number of benzene rings is 2. The predicted molar refractivity (Wildman–Crippen MR) is 153 cm³/mol. The summed E-state index contributed by atoms with van der Waals surface area (Å²) >= 11 is 0. The van der Waals surface area contributed by atoms with E-state index in [-0.39, 0.29) is 59.4 Å². The van der Waals surface area contributed by atoms with Gasteiger partial charge in [0.05, 0.1) is 38.4 Å². The molecule has 0 saturated heterocycles. The van der Waals surface area contributed by atoms with Crippen LogP contribution in [-0.2, 0) is 23.2 Å². The lowest BCUT2D eigenvalue weighted by Gasteiger charge is -2.25. The number of hydrogen-bond donors (Lipinski definition) is 3. The lowest BCUT2D eigenvalue weighted by Crippen LogP contribution is -2.30. The second kappa shape index (κ2) is 12.8. The van der Waals surface area contributed by atoms with Crippen LogP contribution >= 0.6 is 17.0 Å². The Morgan fingerprint density at radius 3 is 2.50 bits per heavy atom. The van der Waals surface area contributed by atoms with Crippen LogP contribution in [0, 0.1) is 16.7 Å². The molecule has 1 aliphatic heterocycles. The number of ether oxygens (including phenoxy) is 2. The third-order valence-electron chi connectivity index (χ3n) is 6.26. The van der Waals surface area contributed by atoms with Crippen LogP contribution in [0.25, 0.3) is 0 Å². The van der Waals surface area contributed by atoms with E-state index in [1.54, 1.807) is 25.1 Å². The van der Waals surface area contributed by atoms with Crippen molar-refractivity contribution in [3.63, 3.8) is 0 Å². The van der Waals surface area contributed by atoms with E-state index in [9.17, 15) is 9.59 Å². The molecule has 0 aliphatic carbocycles. The van der Waals surface area contributed by atoms with Gasteiger partial charge in [0, 0.05) is 35.8 Å². The fraction of sp³-hybridized carbons (Fsp3) is 0.429. The Hall–Kier alpha value is -3.58. The monoisotopic (exact) mass is 585 g/mol. The molecule has 0 unspecified atom stereocenters. The second-order valence-corrected chi connectivity index (χ2v) is 9.89. The number of rotatable bonds is 10. The highest BCUT2D eigenvalue weighted by Crippen LogP contribution is 2.39. The molecule has 0 fully saturated rings. The van der Waals surface area contributed by atoms with Crippen molar-refractivity contribution in [3.8, 4) is 17.6 Å². The lowest BCUT2D eigenvalue weighted by molar-refractivity contribution is -0.119. The quantitative estimate of drug-likeness (QED) is 0.281. The van der Waals surface area contributed by atoms with Gasteiger partial charge in [-0.25, -0.2) is 0 Å². The van der Waals surface area contributed by atoms with Crippen molar-refractivity contribution in [1.82, 2.24) is 10.2 Å². The maximum absolute atomic E-state index is 13.5. The minimum absolute atomic E-state index is 0. The molecule has 0 saturated carbocycles. The summed E-state index contributed by atoms with van der Waals surface area (Å²) in [6.45, 7) is 8.91. The third-order valence-corrected chi connectivity index (χ3v) is 6.26. The third kappa shape index (κ3) is 6.64. The first-order valence-electron chi connectivity index (χ1n) is 12.2. The topological polar surface area (TPSA) is 128 Å². The number of ketones is 1. The first-order valence-corrected chi connectivity index (χ1v) is 12.2. The van der Waals surface area contributed by atoms with Crippen LogP contribution in [0.4, 0.5) is 5.69 Å². The van der Waals surface area contributed by atoms with E-state index in [2.05, 4.69) is 16.7 Å². The van der Waals surface area contributed by atoms with Crippen molar-refractivity contribution in [2.75, 3.05) is 39.2 Å². The van der Waals surface area contributed by atoms with Crippen molar-refractivity contribution in [2.24, 2.45) is 0 Å². The maximum atomic E-state index is 13.5. The maximum Gasteiger partial charge on any atom is 0.224 e. The van der Waals surface area contributed by atoms with Gasteiger partial charge in [0.2, 0.25) is 5.91 Å². The molecule has 3 N–H and O–H groups in total. The molecule has 0 radical (unpaired) electrons. The number of fused-ring (bicyclic) bond motifs is 1. The number of hydrogen-bond acceptors (Lipinski definition) is 7. The van der Waals surface area contributed by atoms with E-state index in [0.717, 1.165) is 11.1 Å². The molecule has 10 heteroatoms. The minimum atomic E-state index is -0.307. The van der Waals surface area contributed by atoms with E-state index in [0.29, 0.717) is 47.0 Å². The molecule has 38 heavy (non-hydrogen) atoms. The smallest absolute Gasteiger partial charge is 0.224 e. The molecule has 1 amide bonds. The van der Waals surface area contributed by atoms with Gasteiger partial charge in [-0.05, 0) is 42.2 Å². The van der Waals surface area contributed by atoms with E-state index < -0.39 is 0 Å². The average molecular weight is 587 g/mol. The molecule has 0 spiro atoms. The summed E-state index contributed by atoms with van der Waals surface area (Å²) in [4.78, 5) is 27.2. The van der Waals surface area contributed by atoms with Crippen LogP contribution in [0.2, 0.25) is 0 Å². The van der Waals surface area contributed by atoms with Crippen molar-refractivity contribution >= 4 is 40.2 Å². The fourth-order valence-corrected chi connectivity index (χ4v) is 4.39. The molecule has 2 aromatic carbocycles. The number of nitrogens with one attached hydrogen (secondary N) is 3. The number of carbonyl (C=O) groups is 2. The number of halogens is 1. The highest BCUT2D eigenvalue weighted by Gasteiger charge is 2.30. The molecule has 9 nitrogen and oxygen atoms in total. The molecule has 1 heterocycles. The van der Waals surface area contributed by atoms with Gasteiger partial charge < -0.3 is 25.0 Å². The number of amidine groups is 1. The Bertz CT molecular complexity index is 1260. The summed E-state index contributed by atoms with van der Waals surface area (Å²) < 4.78 is 11.4. The van der Waals surface area contributed by atoms with Gasteiger partial charge in [0.1, 0.15) is 23.9 Å². The molecule has 0 aromatic heterocycles. The minimum Gasteiger partial charge on any atom is -0.494 e. The van der Waals surface area contributed by atoms with Gasteiger partial charge in [-0.15, -0.1) is 17.0 Å². The Morgan fingerprint density at radius 1 is 1.21 bits per heavy atom. The van der Waals surface area contributed by atoms with Crippen molar-refractivity contribution in [1.29, 1.82) is 10.7 Å². The predicted octanol–water partition coefficient (Wildman–Crippen LogP) is 4.22. The average Bonchev–Trinajstić information content (AvgIpc) is 3.15. The van der Waals surface area contributed by atoms with Gasteiger partial charge in [-0.1, -0.05) is 20.8 Å². The summed E-state index contributed by atoms with van der Waals surface area (Å²) in [5.74, 6) is 1.16. The number of Topliss-reactive ketones (excluding diaryl/α,β-unsaturated/α-hetero) is 1. The number of nitriles is 1. The molecule has 0 atom stereocenters. The standard InChI is InChI=1S/C28H35N5O4.BrH/c1-7-37-24-13-19-15-33(27(30)20(19)10-18(24)14-25(35)31-5)16-23(34)17-11-21(28(2,3)4)26(36-6)22(12-17)32-9-8-29;/h10-13,30,32H,7,9,14-16H2,1-6H3,(H,31,35);1H. The summed E-state index contributed by atoms with van der Waals surface area (Å²) in [6, 6.07) is 9.28. The Kier molecular flexibility index (Phi) is 10.3. The molecule has 1 aliphatic rings. The van der Waals surface area contributed by atoms with Gasteiger partial charge in [0.25, 0.3) is 0 Å². The molecular weight excluding hydrogens is 550 g/mol. The van der Waals surface area contributed by atoms with Crippen LogP contribution in [0.1, 0.15) is 60.3 Å². The van der Waals surface area contributed by atoms with Crippen LogP contribution in [0.3, 0.4) is 0 Å². The van der Waals surface area contributed by atoms with Gasteiger partial charge in [-0.2, -0.15) is 5.26 Å². The fourth-order valence-electron chi connectivity index (χ4n) is 4.39. The number of amides is 1.